The Morgan fingerprint density at radius 2 is 2.32 bits per heavy atom. The molecule has 1 saturated heterocycles. The predicted octanol–water partition coefficient (Wildman–Crippen LogP) is 2.25. The van der Waals surface area contributed by atoms with Gasteiger partial charge in [0.05, 0.1) is 0 Å². The van der Waals surface area contributed by atoms with Crippen LogP contribution >= 0.6 is 11.3 Å². The Morgan fingerprint density at radius 1 is 1.41 bits per heavy atom. The van der Waals surface area contributed by atoms with Crippen LogP contribution in [0.15, 0.2) is 41.8 Å². The molecule has 22 heavy (non-hydrogen) atoms. The lowest BCUT2D eigenvalue weighted by Gasteiger charge is -2.36. The Kier molecular flexibility index (Phi) is 4.87. The highest BCUT2D eigenvalue weighted by Gasteiger charge is 2.24. The van der Waals surface area contributed by atoms with E-state index in [0.29, 0.717) is 6.04 Å². The second-order valence-corrected chi connectivity index (χ2v) is 6.51. The third-order valence-electron chi connectivity index (χ3n) is 4.05. The van der Waals surface area contributed by atoms with Gasteiger partial charge in [-0.1, -0.05) is 18.2 Å². The van der Waals surface area contributed by atoms with E-state index in [9.17, 15) is 4.79 Å². The average molecular weight is 315 g/mol. The van der Waals surface area contributed by atoms with Gasteiger partial charge in [0.1, 0.15) is 0 Å². The second kappa shape index (κ2) is 7.05. The van der Waals surface area contributed by atoms with E-state index in [0.717, 1.165) is 31.7 Å². The first-order valence-corrected chi connectivity index (χ1v) is 8.45. The molecule has 2 heterocycles. The van der Waals surface area contributed by atoms with Gasteiger partial charge in [0, 0.05) is 49.7 Å². The van der Waals surface area contributed by atoms with Crippen LogP contribution in [0.3, 0.4) is 0 Å². The summed E-state index contributed by atoms with van der Waals surface area (Å²) in [5, 5.41) is 8.28. The van der Waals surface area contributed by atoms with E-state index < -0.39 is 0 Å². The van der Waals surface area contributed by atoms with Gasteiger partial charge in [0.25, 0.3) is 5.91 Å². The van der Waals surface area contributed by atoms with E-state index in [1.807, 2.05) is 18.2 Å². The molecule has 5 heteroatoms. The zero-order valence-corrected chi connectivity index (χ0v) is 13.5. The van der Waals surface area contributed by atoms with Crippen LogP contribution in [0, 0.1) is 0 Å². The third kappa shape index (κ3) is 3.38. The molecule has 0 spiro atoms. The number of carbonyl (C=O) groups excluding carboxylic acids is 1. The van der Waals surface area contributed by atoms with Gasteiger partial charge in [-0.15, -0.1) is 11.3 Å². The SMILES string of the molecule is CNC(=O)c1cccc(C2CNCCN2Cc2cccs2)c1. The number of piperazine rings is 1. The summed E-state index contributed by atoms with van der Waals surface area (Å²) >= 11 is 1.80. The summed E-state index contributed by atoms with van der Waals surface area (Å²) in [5.74, 6) is -0.0320. The van der Waals surface area contributed by atoms with Crippen molar-refractivity contribution in [3.05, 3.63) is 57.8 Å². The fraction of sp³-hybridized carbons (Fsp3) is 0.353. The number of hydrogen-bond acceptors (Lipinski definition) is 4. The van der Waals surface area contributed by atoms with Crippen LogP contribution in [-0.4, -0.2) is 37.5 Å². The van der Waals surface area contributed by atoms with Crippen LogP contribution in [0.1, 0.15) is 26.8 Å². The minimum Gasteiger partial charge on any atom is -0.355 e. The van der Waals surface area contributed by atoms with Crippen molar-refractivity contribution >= 4 is 17.2 Å². The molecule has 0 aliphatic carbocycles. The molecule has 3 rings (SSSR count). The van der Waals surface area contributed by atoms with Gasteiger partial charge in [0.2, 0.25) is 0 Å². The van der Waals surface area contributed by atoms with Gasteiger partial charge < -0.3 is 10.6 Å². The maximum absolute atomic E-state index is 11.8. The summed E-state index contributed by atoms with van der Waals surface area (Å²) in [6.45, 7) is 3.92. The number of amides is 1. The summed E-state index contributed by atoms with van der Waals surface area (Å²) < 4.78 is 0. The zero-order valence-electron chi connectivity index (χ0n) is 12.7. The van der Waals surface area contributed by atoms with Gasteiger partial charge >= 0.3 is 0 Å². The van der Waals surface area contributed by atoms with Crippen molar-refractivity contribution in [3.63, 3.8) is 0 Å². The van der Waals surface area contributed by atoms with E-state index in [4.69, 9.17) is 0 Å². The van der Waals surface area contributed by atoms with Crippen LogP contribution < -0.4 is 10.6 Å². The van der Waals surface area contributed by atoms with Gasteiger partial charge in [-0.3, -0.25) is 9.69 Å². The van der Waals surface area contributed by atoms with E-state index in [2.05, 4.69) is 39.1 Å². The topological polar surface area (TPSA) is 44.4 Å². The molecule has 1 amide bonds. The highest BCUT2D eigenvalue weighted by molar-refractivity contribution is 7.09. The lowest BCUT2D eigenvalue weighted by atomic mass is 10.0. The first-order valence-electron chi connectivity index (χ1n) is 7.57. The normalized spacial score (nSPS) is 19.0. The Hall–Kier alpha value is -1.69. The standard InChI is InChI=1S/C17H21N3OS/c1-18-17(21)14-5-2-4-13(10-14)16-11-19-7-8-20(16)12-15-6-3-9-22-15/h2-6,9-10,16,19H,7-8,11-12H2,1H3,(H,18,21). The number of hydrogen-bond donors (Lipinski definition) is 2. The van der Waals surface area contributed by atoms with Crippen molar-refractivity contribution in [1.29, 1.82) is 0 Å². The van der Waals surface area contributed by atoms with E-state index in [1.54, 1.807) is 18.4 Å². The Balaban J connectivity index is 1.82. The fourth-order valence-corrected chi connectivity index (χ4v) is 3.63. The quantitative estimate of drug-likeness (QED) is 0.909. The Bertz CT molecular complexity index is 627. The third-order valence-corrected chi connectivity index (χ3v) is 4.92. The molecule has 1 unspecified atom stereocenters. The number of thiophene rings is 1. The molecule has 116 valence electrons. The lowest BCUT2D eigenvalue weighted by Crippen LogP contribution is -2.45. The predicted molar refractivity (Wildman–Crippen MR) is 90.2 cm³/mol. The Labute approximate surface area is 135 Å². The van der Waals surface area contributed by atoms with Crippen LogP contribution in [0.2, 0.25) is 0 Å². The first-order chi connectivity index (χ1) is 10.8. The Morgan fingerprint density at radius 3 is 3.09 bits per heavy atom. The number of nitrogens with zero attached hydrogens (tertiary/aromatic N) is 1. The van der Waals surface area contributed by atoms with Crippen molar-refractivity contribution in [2.45, 2.75) is 12.6 Å². The summed E-state index contributed by atoms with van der Waals surface area (Å²) in [4.78, 5) is 15.7. The number of benzene rings is 1. The minimum absolute atomic E-state index is 0.0320. The van der Waals surface area contributed by atoms with Crippen molar-refractivity contribution in [2.75, 3.05) is 26.7 Å². The average Bonchev–Trinajstić information content (AvgIpc) is 3.08. The van der Waals surface area contributed by atoms with Gasteiger partial charge in [0.15, 0.2) is 0 Å². The number of carbonyl (C=O) groups is 1. The molecule has 0 radical (unpaired) electrons. The first kappa shape index (κ1) is 15.2. The highest BCUT2D eigenvalue weighted by atomic mass is 32.1. The molecular weight excluding hydrogens is 294 g/mol. The number of rotatable bonds is 4. The maximum atomic E-state index is 11.8. The van der Waals surface area contributed by atoms with E-state index >= 15 is 0 Å². The molecule has 1 fully saturated rings. The highest BCUT2D eigenvalue weighted by Crippen LogP contribution is 2.26. The van der Waals surface area contributed by atoms with Crippen molar-refractivity contribution in [3.8, 4) is 0 Å². The fourth-order valence-electron chi connectivity index (χ4n) is 2.90. The second-order valence-electron chi connectivity index (χ2n) is 5.47. The molecule has 1 aliphatic heterocycles. The van der Waals surface area contributed by atoms with E-state index in [-0.39, 0.29) is 5.91 Å². The molecule has 2 aromatic rings. The van der Waals surface area contributed by atoms with Crippen LogP contribution in [0.4, 0.5) is 0 Å². The molecule has 1 aromatic carbocycles. The molecule has 0 bridgehead atoms. The molecule has 1 aromatic heterocycles. The summed E-state index contributed by atoms with van der Waals surface area (Å²) in [6.07, 6.45) is 0. The molecule has 2 N–H and O–H groups in total. The van der Waals surface area contributed by atoms with E-state index in [1.165, 1.54) is 10.4 Å². The zero-order chi connectivity index (χ0) is 15.4. The number of nitrogens with one attached hydrogen (secondary N) is 2. The summed E-state index contributed by atoms with van der Waals surface area (Å²) in [5.41, 5.74) is 1.92. The molecule has 4 nitrogen and oxygen atoms in total. The van der Waals surface area contributed by atoms with Crippen LogP contribution in [0.5, 0.6) is 0 Å². The smallest absolute Gasteiger partial charge is 0.251 e. The molecule has 1 aliphatic rings. The minimum atomic E-state index is -0.0320. The molecule has 0 saturated carbocycles. The lowest BCUT2D eigenvalue weighted by molar-refractivity contribution is 0.0962. The maximum Gasteiger partial charge on any atom is 0.251 e. The summed E-state index contributed by atoms with van der Waals surface area (Å²) in [6, 6.07) is 12.6. The summed E-state index contributed by atoms with van der Waals surface area (Å²) in [7, 11) is 1.67. The van der Waals surface area contributed by atoms with Crippen LogP contribution in [-0.2, 0) is 6.54 Å². The van der Waals surface area contributed by atoms with Crippen molar-refractivity contribution < 1.29 is 4.79 Å². The van der Waals surface area contributed by atoms with Crippen molar-refractivity contribution in [1.82, 2.24) is 15.5 Å². The monoisotopic (exact) mass is 315 g/mol. The van der Waals surface area contributed by atoms with Gasteiger partial charge in [-0.25, -0.2) is 0 Å². The van der Waals surface area contributed by atoms with Crippen LogP contribution in [0.25, 0.3) is 0 Å². The molecular formula is C17H21N3OS. The van der Waals surface area contributed by atoms with Gasteiger partial charge in [-0.05, 0) is 29.1 Å². The largest absolute Gasteiger partial charge is 0.355 e. The molecule has 1 atom stereocenters. The van der Waals surface area contributed by atoms with Gasteiger partial charge in [-0.2, -0.15) is 0 Å². The van der Waals surface area contributed by atoms with Crippen molar-refractivity contribution in [2.24, 2.45) is 0 Å².